The first kappa shape index (κ1) is 34.1. The lowest BCUT2D eigenvalue weighted by Gasteiger charge is -2.40. The molecule has 242 valence electrons. The van der Waals surface area contributed by atoms with E-state index in [1.807, 2.05) is 41.9 Å². The summed E-state index contributed by atoms with van der Waals surface area (Å²) in [6, 6.07) is 14.7. The fourth-order valence-electron chi connectivity index (χ4n) is 5.18. The Kier molecular flexibility index (Phi) is 8.97. The fraction of sp³-hybridized carbons (Fsp3) is 0.438. The minimum Gasteiger partial charge on any atom is -0.443 e. The van der Waals surface area contributed by atoms with Crippen LogP contribution in [0, 0.1) is 0 Å². The summed E-state index contributed by atoms with van der Waals surface area (Å²) in [5.41, 5.74) is -1.59. The number of ether oxygens (including phenoxy) is 2. The smallest absolute Gasteiger partial charge is 0.426 e. The van der Waals surface area contributed by atoms with Gasteiger partial charge in [0.05, 0.1) is 10.2 Å². The molecule has 0 aliphatic heterocycles. The molecule has 2 heterocycles. The average molecular weight is 657 g/mol. The van der Waals surface area contributed by atoms with Gasteiger partial charge < -0.3 is 14.0 Å². The second kappa shape index (κ2) is 11.8. The number of para-hydroxylation sites is 2. The molecule has 0 radical (unpaired) electrons. The Hall–Kier alpha value is -3.81. The highest BCUT2D eigenvalue weighted by Crippen LogP contribution is 2.38. The van der Waals surface area contributed by atoms with Gasteiger partial charge in [0, 0.05) is 30.7 Å². The van der Waals surface area contributed by atoms with Gasteiger partial charge in [0.1, 0.15) is 17.2 Å². The molecular formula is C32H40N4O7S2. The molecule has 4 aromatic rings. The van der Waals surface area contributed by atoms with Crippen molar-refractivity contribution in [3.05, 3.63) is 60.3 Å². The maximum absolute atomic E-state index is 14.7. The zero-order chi connectivity index (χ0) is 33.7. The average Bonchev–Trinajstić information content (AvgIpc) is 3.49. The number of aryl methyl sites for hydroxylation is 1. The minimum atomic E-state index is -4.45. The Morgan fingerprint density at radius 2 is 1.40 bits per heavy atom. The summed E-state index contributed by atoms with van der Waals surface area (Å²) in [6.45, 7) is 12.9. The van der Waals surface area contributed by atoms with Gasteiger partial charge >= 0.3 is 12.2 Å². The number of thiazole rings is 1. The predicted molar refractivity (Wildman–Crippen MR) is 174 cm³/mol. The lowest BCUT2D eigenvalue weighted by molar-refractivity contribution is -0.135. The van der Waals surface area contributed by atoms with Crippen molar-refractivity contribution in [2.24, 2.45) is 7.05 Å². The number of likely N-dealkylation sites (N-methyl/N-ethyl adjacent to an activating group) is 1. The molecule has 0 aliphatic carbocycles. The quantitative estimate of drug-likeness (QED) is 0.232. The van der Waals surface area contributed by atoms with Gasteiger partial charge in [-0.15, -0.1) is 16.2 Å². The van der Waals surface area contributed by atoms with Crippen LogP contribution in [0.2, 0.25) is 0 Å². The summed E-state index contributed by atoms with van der Waals surface area (Å²) in [6.07, 6.45) is -2.57. The number of benzene rings is 2. The normalized spacial score (nSPS) is 13.7. The van der Waals surface area contributed by atoms with Crippen molar-refractivity contribution >= 4 is 60.6 Å². The predicted octanol–water partition coefficient (Wildman–Crippen LogP) is 6.45. The van der Waals surface area contributed by atoms with E-state index in [4.69, 9.17) is 9.47 Å². The van der Waals surface area contributed by atoms with Gasteiger partial charge in [-0.2, -0.15) is 4.31 Å². The number of amides is 3. The van der Waals surface area contributed by atoms with Gasteiger partial charge in [-0.1, -0.05) is 44.2 Å². The molecule has 4 rings (SSSR count). The molecule has 0 bridgehead atoms. The molecule has 1 atom stereocenters. The van der Waals surface area contributed by atoms with E-state index in [0.717, 1.165) is 26.5 Å². The van der Waals surface area contributed by atoms with E-state index in [1.165, 1.54) is 7.05 Å². The van der Waals surface area contributed by atoms with Crippen LogP contribution in [0.3, 0.4) is 0 Å². The number of carbonyl (C=O) groups is 3. The molecule has 2 aromatic heterocycles. The van der Waals surface area contributed by atoms with Crippen LogP contribution in [0.25, 0.3) is 21.1 Å². The van der Waals surface area contributed by atoms with E-state index in [-0.39, 0.29) is 9.24 Å². The number of carbonyl (C=O) groups excluding carboxylic acids is 3. The zero-order valence-corrected chi connectivity index (χ0v) is 28.9. The number of imide groups is 3. The largest absolute Gasteiger partial charge is 0.443 e. The van der Waals surface area contributed by atoms with Crippen molar-refractivity contribution in [2.75, 3.05) is 7.05 Å². The van der Waals surface area contributed by atoms with E-state index in [0.29, 0.717) is 15.9 Å². The molecule has 2 aromatic carbocycles. The van der Waals surface area contributed by atoms with Gasteiger partial charge in [0.25, 0.3) is 15.9 Å². The molecule has 0 aliphatic rings. The van der Waals surface area contributed by atoms with Crippen molar-refractivity contribution in [1.29, 1.82) is 0 Å². The molecule has 0 saturated heterocycles. The van der Waals surface area contributed by atoms with Crippen molar-refractivity contribution in [1.82, 2.24) is 18.8 Å². The lowest BCUT2D eigenvalue weighted by Crippen LogP contribution is -2.61. The summed E-state index contributed by atoms with van der Waals surface area (Å²) >= 11 is 0.958. The number of hydrogen-bond donors (Lipinski definition) is 0. The second-order valence-electron chi connectivity index (χ2n) is 13.4. The van der Waals surface area contributed by atoms with Gasteiger partial charge in [-0.05, 0) is 71.2 Å². The fourth-order valence-corrected chi connectivity index (χ4v) is 8.01. The third-order valence-corrected chi connectivity index (χ3v) is 10.4. The number of hydrogen-bond acceptors (Lipinski definition) is 9. The number of nitrogens with zero attached hydrogens (tertiary/aromatic N) is 4. The molecule has 11 nitrogen and oxygen atoms in total. The van der Waals surface area contributed by atoms with Crippen LogP contribution in [-0.2, 0) is 36.8 Å². The van der Waals surface area contributed by atoms with E-state index in [9.17, 15) is 22.8 Å². The van der Waals surface area contributed by atoms with E-state index < -0.39 is 50.8 Å². The summed E-state index contributed by atoms with van der Waals surface area (Å²) in [5.74, 6) is -1.14. The minimum absolute atomic E-state index is 0.238. The van der Waals surface area contributed by atoms with E-state index in [1.54, 1.807) is 79.7 Å². The summed E-state index contributed by atoms with van der Waals surface area (Å²) < 4.78 is 42.6. The zero-order valence-electron chi connectivity index (χ0n) is 27.2. The van der Waals surface area contributed by atoms with Crippen molar-refractivity contribution in [2.45, 2.75) is 82.4 Å². The first-order valence-corrected chi connectivity index (χ1v) is 16.6. The molecule has 0 N–H and O–H groups in total. The van der Waals surface area contributed by atoms with Crippen molar-refractivity contribution in [3.63, 3.8) is 0 Å². The van der Waals surface area contributed by atoms with Crippen molar-refractivity contribution < 1.29 is 32.3 Å². The van der Waals surface area contributed by atoms with E-state index in [2.05, 4.69) is 4.98 Å². The van der Waals surface area contributed by atoms with Crippen LogP contribution in [0.1, 0.15) is 61.1 Å². The third kappa shape index (κ3) is 6.90. The second-order valence-corrected chi connectivity index (χ2v) is 16.6. The van der Waals surface area contributed by atoms with Gasteiger partial charge in [0.15, 0.2) is 0 Å². The third-order valence-electron chi connectivity index (χ3n) is 7.14. The maximum Gasteiger partial charge on any atom is 0.426 e. The van der Waals surface area contributed by atoms with Gasteiger partial charge in [-0.25, -0.2) is 23.0 Å². The molecule has 45 heavy (non-hydrogen) atoms. The lowest BCUT2D eigenvalue weighted by atomic mass is 9.80. The number of sulfonamides is 1. The monoisotopic (exact) mass is 656 g/mol. The number of rotatable bonds is 6. The Labute approximate surface area is 267 Å². The number of aromatic nitrogens is 2. The summed E-state index contributed by atoms with van der Waals surface area (Å²) in [5, 5.41) is 0.863. The molecule has 3 amide bonds. The Morgan fingerprint density at radius 3 is 1.93 bits per heavy atom. The Bertz CT molecular complexity index is 1820. The SMILES string of the molecule is CN([C@H](C(=O)N(C(=O)OC(C)(C)C)C(=O)OC(C)(C)C)C(C)(C)c1cc2ccccc2n1C)S(=O)(=O)c1nc2ccccc2s1. The van der Waals surface area contributed by atoms with Crippen LogP contribution < -0.4 is 0 Å². The molecule has 0 spiro atoms. The van der Waals surface area contributed by atoms with Gasteiger partial charge in [0.2, 0.25) is 4.34 Å². The summed E-state index contributed by atoms with van der Waals surface area (Å²) in [7, 11) is -1.40. The van der Waals surface area contributed by atoms with Crippen LogP contribution in [0.15, 0.2) is 58.9 Å². The first-order chi connectivity index (χ1) is 20.6. The highest BCUT2D eigenvalue weighted by Gasteiger charge is 2.51. The van der Waals surface area contributed by atoms with Crippen molar-refractivity contribution in [3.8, 4) is 0 Å². The Balaban J connectivity index is 1.94. The first-order valence-electron chi connectivity index (χ1n) is 14.3. The Morgan fingerprint density at radius 1 is 0.867 bits per heavy atom. The van der Waals surface area contributed by atoms with Crippen LogP contribution in [-0.4, -0.2) is 69.6 Å². The molecule has 0 unspecified atom stereocenters. The molecule has 13 heteroatoms. The number of fused-ring (bicyclic) bond motifs is 2. The standard InChI is InChI=1S/C32H40N4O7S2/c1-30(2,3)42-28(38)36(29(39)43-31(4,5)6)26(37)25(32(7,8)24-19-20-15-11-13-17-22(20)34(24)9)35(10)45(40,41)27-33-21-16-12-14-18-23(21)44-27/h11-19,25H,1-10H3/t25-/m1/s1. The maximum atomic E-state index is 14.7. The highest BCUT2D eigenvalue weighted by molar-refractivity contribution is 7.91. The van der Waals surface area contributed by atoms with Gasteiger partial charge in [-0.3, -0.25) is 4.79 Å². The molecule has 0 saturated carbocycles. The summed E-state index contributed by atoms with van der Waals surface area (Å²) in [4.78, 5) is 46.5. The van der Waals surface area contributed by atoms with Crippen LogP contribution in [0.5, 0.6) is 0 Å². The van der Waals surface area contributed by atoms with E-state index >= 15 is 0 Å². The van der Waals surface area contributed by atoms with Crippen LogP contribution >= 0.6 is 11.3 Å². The topological polar surface area (TPSA) is 128 Å². The molecule has 0 fully saturated rings. The van der Waals surface area contributed by atoms with Crippen LogP contribution in [0.4, 0.5) is 9.59 Å². The highest BCUT2D eigenvalue weighted by atomic mass is 32.2. The molecular weight excluding hydrogens is 617 g/mol.